The van der Waals surface area contributed by atoms with E-state index in [9.17, 15) is 9.90 Å². The van der Waals surface area contributed by atoms with Gasteiger partial charge in [-0.15, -0.1) is 0 Å². The number of hydrogen-bond acceptors (Lipinski definition) is 4. The van der Waals surface area contributed by atoms with Gasteiger partial charge in [-0.25, -0.2) is 4.79 Å². The first-order valence-electron chi connectivity index (χ1n) is 8.35. The molecule has 26 heavy (non-hydrogen) atoms. The molecule has 0 saturated carbocycles. The van der Waals surface area contributed by atoms with Crippen LogP contribution in [-0.4, -0.2) is 29.5 Å². The van der Waals surface area contributed by atoms with Gasteiger partial charge in [0.05, 0.1) is 5.71 Å². The number of carbonyl (C=O) groups is 1. The zero-order valence-corrected chi connectivity index (χ0v) is 15.6. The van der Waals surface area contributed by atoms with E-state index in [1.54, 1.807) is 13.0 Å². The Labute approximate surface area is 158 Å². The van der Waals surface area contributed by atoms with E-state index in [4.69, 9.17) is 21.2 Å². The van der Waals surface area contributed by atoms with E-state index in [-0.39, 0.29) is 6.61 Å². The van der Waals surface area contributed by atoms with Crippen LogP contribution in [0.2, 0.25) is 5.02 Å². The molecule has 0 fully saturated rings. The topological polar surface area (TPSA) is 68.1 Å². The van der Waals surface area contributed by atoms with Gasteiger partial charge in [0.1, 0.15) is 6.61 Å². The van der Waals surface area contributed by atoms with Crippen molar-refractivity contribution in [2.24, 2.45) is 5.16 Å². The second-order valence-electron chi connectivity index (χ2n) is 5.73. The highest BCUT2D eigenvalue weighted by Gasteiger charge is 2.18. The van der Waals surface area contributed by atoms with Gasteiger partial charge in [0.15, 0.2) is 6.10 Å². The van der Waals surface area contributed by atoms with E-state index in [1.165, 1.54) is 0 Å². The van der Waals surface area contributed by atoms with Crippen LogP contribution in [0.15, 0.2) is 53.7 Å². The summed E-state index contributed by atoms with van der Waals surface area (Å²) in [6.07, 6.45) is -0.561. The zero-order valence-electron chi connectivity index (χ0n) is 14.8. The Kier molecular flexibility index (Phi) is 7.63. The number of nitrogens with zero attached hydrogens (tertiary/aromatic N) is 1. The van der Waals surface area contributed by atoms with Gasteiger partial charge in [-0.3, -0.25) is 0 Å². The number of ether oxygens (including phenoxy) is 1. The average Bonchev–Trinajstić information content (AvgIpc) is 2.63. The van der Waals surface area contributed by atoms with Crippen molar-refractivity contribution in [2.75, 3.05) is 6.61 Å². The Morgan fingerprint density at radius 2 is 2.00 bits per heavy atom. The fourth-order valence-electron chi connectivity index (χ4n) is 2.42. The molecular formula is C20H22ClNO4. The standard InChI is InChI=1S/C20H22ClNO4/c1-3-25-19(20(23)24)12-15-7-6-9-16(11-15)14(2)22-26-13-17-8-4-5-10-18(17)21/h4-11,19H,3,12-13H2,1-2H3,(H,23,24)/b22-14+. The van der Waals surface area contributed by atoms with E-state index in [2.05, 4.69) is 5.16 Å². The second kappa shape index (κ2) is 9.94. The van der Waals surface area contributed by atoms with Gasteiger partial charge < -0.3 is 14.7 Å². The van der Waals surface area contributed by atoms with Crippen LogP contribution in [0.25, 0.3) is 0 Å². The molecule has 138 valence electrons. The predicted molar refractivity (Wildman–Crippen MR) is 102 cm³/mol. The molecule has 0 aliphatic rings. The summed E-state index contributed by atoms with van der Waals surface area (Å²) in [4.78, 5) is 16.6. The summed E-state index contributed by atoms with van der Waals surface area (Å²) in [6.45, 7) is 4.25. The van der Waals surface area contributed by atoms with E-state index in [0.717, 1.165) is 16.7 Å². The fourth-order valence-corrected chi connectivity index (χ4v) is 2.61. The average molecular weight is 376 g/mol. The number of carboxylic acids is 1. The van der Waals surface area contributed by atoms with E-state index in [0.29, 0.717) is 23.8 Å². The number of benzene rings is 2. The third-order valence-electron chi connectivity index (χ3n) is 3.79. The Morgan fingerprint density at radius 1 is 1.23 bits per heavy atom. The van der Waals surface area contributed by atoms with Crippen LogP contribution in [0.3, 0.4) is 0 Å². The van der Waals surface area contributed by atoms with Crippen LogP contribution in [0.5, 0.6) is 0 Å². The van der Waals surface area contributed by atoms with E-state index >= 15 is 0 Å². The molecule has 0 saturated heterocycles. The van der Waals surface area contributed by atoms with Crippen molar-refractivity contribution in [3.8, 4) is 0 Å². The molecule has 0 aliphatic heterocycles. The monoisotopic (exact) mass is 375 g/mol. The molecule has 0 heterocycles. The van der Waals surface area contributed by atoms with Crippen molar-refractivity contribution >= 4 is 23.3 Å². The maximum Gasteiger partial charge on any atom is 0.333 e. The van der Waals surface area contributed by atoms with Crippen molar-refractivity contribution in [3.63, 3.8) is 0 Å². The Bertz CT molecular complexity index is 776. The lowest BCUT2D eigenvalue weighted by molar-refractivity contribution is -0.149. The first-order chi connectivity index (χ1) is 12.5. The van der Waals surface area contributed by atoms with Gasteiger partial charge in [0.25, 0.3) is 0 Å². The highest BCUT2D eigenvalue weighted by Crippen LogP contribution is 2.16. The molecule has 0 radical (unpaired) electrons. The van der Waals surface area contributed by atoms with Crippen LogP contribution in [0.1, 0.15) is 30.5 Å². The smallest absolute Gasteiger partial charge is 0.333 e. The molecule has 2 aromatic carbocycles. The van der Waals surface area contributed by atoms with Crippen LogP contribution in [0, 0.1) is 0 Å². The number of hydrogen-bond donors (Lipinski definition) is 1. The molecule has 1 unspecified atom stereocenters. The van der Waals surface area contributed by atoms with Gasteiger partial charge in [0, 0.05) is 23.6 Å². The van der Waals surface area contributed by atoms with Gasteiger partial charge in [-0.2, -0.15) is 0 Å². The third-order valence-corrected chi connectivity index (χ3v) is 4.16. The lowest BCUT2D eigenvalue weighted by Crippen LogP contribution is -2.26. The maximum atomic E-state index is 11.2. The maximum absolute atomic E-state index is 11.2. The van der Waals surface area contributed by atoms with Gasteiger partial charge in [0.2, 0.25) is 0 Å². The van der Waals surface area contributed by atoms with Gasteiger partial charge in [-0.05, 0) is 37.1 Å². The van der Waals surface area contributed by atoms with Crippen LogP contribution in [-0.2, 0) is 27.4 Å². The molecule has 6 heteroatoms. The first-order valence-corrected chi connectivity index (χ1v) is 8.72. The summed E-state index contributed by atoms with van der Waals surface area (Å²) in [5.41, 5.74) is 3.29. The fraction of sp³-hybridized carbons (Fsp3) is 0.300. The Morgan fingerprint density at radius 3 is 2.69 bits per heavy atom. The zero-order chi connectivity index (χ0) is 18.9. The predicted octanol–water partition coefficient (Wildman–Crippen LogP) is 4.31. The number of rotatable bonds is 9. The van der Waals surface area contributed by atoms with Crippen molar-refractivity contribution in [1.29, 1.82) is 0 Å². The summed E-state index contributed by atoms with van der Waals surface area (Å²) in [5, 5.41) is 14.0. The lowest BCUT2D eigenvalue weighted by atomic mass is 10.0. The molecule has 5 nitrogen and oxygen atoms in total. The molecule has 0 spiro atoms. The van der Waals surface area contributed by atoms with Crippen LogP contribution in [0.4, 0.5) is 0 Å². The van der Waals surface area contributed by atoms with E-state index < -0.39 is 12.1 Å². The van der Waals surface area contributed by atoms with Crippen molar-refractivity contribution in [1.82, 2.24) is 0 Å². The van der Waals surface area contributed by atoms with Crippen LogP contribution >= 0.6 is 11.6 Å². The van der Waals surface area contributed by atoms with Gasteiger partial charge >= 0.3 is 5.97 Å². The Balaban J connectivity index is 2.03. The molecule has 0 aromatic heterocycles. The number of carboxylic acid groups (broad SMARTS) is 1. The molecule has 0 amide bonds. The van der Waals surface area contributed by atoms with Crippen LogP contribution < -0.4 is 0 Å². The summed E-state index contributed by atoms with van der Waals surface area (Å²) < 4.78 is 5.27. The number of oxime groups is 1. The summed E-state index contributed by atoms with van der Waals surface area (Å²) in [6, 6.07) is 15.0. The van der Waals surface area contributed by atoms with Gasteiger partial charge in [-0.1, -0.05) is 53.2 Å². The van der Waals surface area contributed by atoms with Crippen molar-refractivity contribution < 1.29 is 19.5 Å². The van der Waals surface area contributed by atoms with Crippen molar-refractivity contribution in [2.45, 2.75) is 33.0 Å². The third kappa shape index (κ3) is 5.86. The largest absolute Gasteiger partial charge is 0.479 e. The molecule has 0 bridgehead atoms. The molecule has 1 atom stereocenters. The Hall–Kier alpha value is -2.37. The minimum Gasteiger partial charge on any atom is -0.479 e. The highest BCUT2D eigenvalue weighted by atomic mass is 35.5. The SMILES string of the molecule is CCOC(Cc1cccc(/C(C)=N/OCc2ccccc2Cl)c1)C(=O)O. The minimum atomic E-state index is -0.967. The molecule has 0 aliphatic carbocycles. The molecule has 2 aromatic rings. The summed E-state index contributed by atoms with van der Waals surface area (Å²) >= 11 is 6.09. The normalized spacial score (nSPS) is 12.7. The number of aliphatic carboxylic acids is 1. The van der Waals surface area contributed by atoms with E-state index in [1.807, 2.05) is 49.4 Å². The minimum absolute atomic E-state index is 0.280. The quantitative estimate of drug-likeness (QED) is 0.523. The van der Waals surface area contributed by atoms with Crippen molar-refractivity contribution in [3.05, 3.63) is 70.2 Å². The lowest BCUT2D eigenvalue weighted by Gasteiger charge is -2.13. The second-order valence-corrected chi connectivity index (χ2v) is 6.14. The summed E-state index contributed by atoms with van der Waals surface area (Å²) in [7, 11) is 0. The highest BCUT2D eigenvalue weighted by molar-refractivity contribution is 6.31. The summed E-state index contributed by atoms with van der Waals surface area (Å²) in [5.74, 6) is -0.967. The number of halogens is 1. The molecule has 1 N–H and O–H groups in total. The molecular weight excluding hydrogens is 354 g/mol. The first kappa shape index (κ1) is 19.9. The molecule has 2 rings (SSSR count).